The molecule has 0 fully saturated rings. The van der Waals surface area contributed by atoms with Crippen LogP contribution < -0.4 is 0 Å². The number of rotatable bonds is 3. The second-order valence-corrected chi connectivity index (χ2v) is 3.76. The average molecular weight is 220 g/mol. The molecule has 0 amide bonds. The van der Waals surface area contributed by atoms with Crippen LogP contribution in [0.5, 0.6) is 0 Å². The van der Waals surface area contributed by atoms with Crippen LogP contribution >= 0.6 is 0 Å². The van der Waals surface area contributed by atoms with Crippen LogP contribution in [0.2, 0.25) is 0 Å². The molecule has 82 valence electrons. The van der Waals surface area contributed by atoms with Crippen LogP contribution in [0, 0.1) is 12.3 Å². The molecule has 0 heterocycles. The highest BCUT2D eigenvalue weighted by atomic mass is 16.1. The van der Waals surface area contributed by atoms with Crippen molar-refractivity contribution in [1.29, 1.82) is 0 Å². The smallest absolute Gasteiger partial charge is 0.217 e. The van der Waals surface area contributed by atoms with Crippen LogP contribution in [0.25, 0.3) is 0 Å². The number of carbonyl (C=O) groups excluding carboxylic acids is 1. The van der Waals surface area contributed by atoms with Crippen molar-refractivity contribution < 1.29 is 4.79 Å². The van der Waals surface area contributed by atoms with Gasteiger partial charge in [0, 0.05) is 0 Å². The zero-order chi connectivity index (χ0) is 12.1. The van der Waals surface area contributed by atoms with Gasteiger partial charge in [0.05, 0.1) is 5.92 Å². The highest BCUT2D eigenvalue weighted by molar-refractivity contribution is 6.02. The van der Waals surface area contributed by atoms with E-state index < -0.39 is 0 Å². The maximum atomic E-state index is 11.9. The van der Waals surface area contributed by atoms with E-state index in [0.29, 0.717) is 0 Å². The number of terminal acetylenes is 1. The fourth-order valence-electron chi connectivity index (χ4n) is 1.87. The molecule has 0 aliphatic heterocycles. The quantitative estimate of drug-likeness (QED) is 0.574. The Kier molecular flexibility index (Phi) is 3.37. The molecule has 2 aromatic carbocycles. The van der Waals surface area contributed by atoms with Crippen molar-refractivity contribution in [3.63, 3.8) is 0 Å². The fraction of sp³-hybridized carbons (Fsp3) is 0.0625. The Morgan fingerprint density at radius 1 is 0.882 bits per heavy atom. The molecule has 0 bridgehead atoms. The summed E-state index contributed by atoms with van der Waals surface area (Å²) in [7, 11) is 0. The van der Waals surface area contributed by atoms with Crippen molar-refractivity contribution in [1.82, 2.24) is 0 Å². The molecule has 0 aromatic heterocycles. The van der Waals surface area contributed by atoms with Crippen LogP contribution in [0.1, 0.15) is 17.0 Å². The fourth-order valence-corrected chi connectivity index (χ4v) is 1.87. The Morgan fingerprint density at radius 3 is 1.65 bits per heavy atom. The highest BCUT2D eigenvalue weighted by Crippen LogP contribution is 2.24. The van der Waals surface area contributed by atoms with Gasteiger partial charge in [-0.05, 0) is 17.0 Å². The number of carbonyl (C=O) groups is 1. The van der Waals surface area contributed by atoms with Gasteiger partial charge in [-0.25, -0.2) is 0 Å². The molecule has 0 aliphatic rings. The molecule has 0 atom stereocenters. The summed E-state index contributed by atoms with van der Waals surface area (Å²) in [5, 5.41) is 0. The molecular formula is C16H12O. The van der Waals surface area contributed by atoms with Gasteiger partial charge in [-0.2, -0.15) is 0 Å². The van der Waals surface area contributed by atoms with Gasteiger partial charge in [-0.15, -0.1) is 6.42 Å². The summed E-state index contributed by atoms with van der Waals surface area (Å²) in [6.45, 7) is 0. The van der Waals surface area contributed by atoms with Gasteiger partial charge in [0.2, 0.25) is 5.78 Å². The number of benzene rings is 2. The third kappa shape index (κ3) is 2.43. The van der Waals surface area contributed by atoms with Crippen molar-refractivity contribution in [2.24, 2.45) is 0 Å². The zero-order valence-corrected chi connectivity index (χ0v) is 9.34. The second-order valence-electron chi connectivity index (χ2n) is 3.76. The topological polar surface area (TPSA) is 17.1 Å². The summed E-state index contributed by atoms with van der Waals surface area (Å²) in [6.07, 6.45) is 5.25. The van der Waals surface area contributed by atoms with Crippen molar-refractivity contribution in [2.45, 2.75) is 5.92 Å². The summed E-state index contributed by atoms with van der Waals surface area (Å²) in [4.78, 5) is 11.9. The van der Waals surface area contributed by atoms with Crippen LogP contribution in [-0.4, -0.2) is 5.78 Å². The van der Waals surface area contributed by atoms with Crippen molar-refractivity contribution >= 4 is 5.78 Å². The van der Waals surface area contributed by atoms with Crippen molar-refractivity contribution in [3.8, 4) is 12.3 Å². The van der Waals surface area contributed by atoms with E-state index in [9.17, 15) is 4.79 Å². The predicted octanol–water partition coefficient (Wildman–Crippen LogP) is 3.02. The molecule has 0 saturated carbocycles. The van der Waals surface area contributed by atoms with Crippen LogP contribution in [0.4, 0.5) is 0 Å². The monoisotopic (exact) mass is 220 g/mol. The summed E-state index contributed by atoms with van der Waals surface area (Å²) in [6, 6.07) is 19.2. The Labute approximate surface area is 101 Å². The lowest BCUT2D eigenvalue weighted by Gasteiger charge is -2.13. The molecule has 0 N–H and O–H groups in total. The van der Waals surface area contributed by atoms with Gasteiger partial charge < -0.3 is 0 Å². The molecule has 0 spiro atoms. The third-order valence-electron chi connectivity index (χ3n) is 2.67. The maximum absolute atomic E-state index is 11.9. The third-order valence-corrected chi connectivity index (χ3v) is 2.67. The first-order valence-electron chi connectivity index (χ1n) is 5.43. The summed E-state index contributed by atoms with van der Waals surface area (Å²) < 4.78 is 0. The molecule has 2 aromatic rings. The first-order chi connectivity index (χ1) is 8.33. The van der Waals surface area contributed by atoms with E-state index in [2.05, 4.69) is 5.92 Å². The van der Waals surface area contributed by atoms with Gasteiger partial charge in [0.15, 0.2) is 0 Å². The van der Waals surface area contributed by atoms with E-state index in [1.807, 2.05) is 60.7 Å². The Balaban J connectivity index is 2.48. The lowest BCUT2D eigenvalue weighted by atomic mass is 9.88. The summed E-state index contributed by atoms with van der Waals surface area (Å²) in [5.41, 5.74) is 1.86. The Bertz CT molecular complexity index is 495. The number of Topliss-reactive ketones (excluding diaryl/α,β-unsaturated/α-hetero) is 1. The molecule has 0 radical (unpaired) electrons. The first-order valence-corrected chi connectivity index (χ1v) is 5.43. The van der Waals surface area contributed by atoms with E-state index in [4.69, 9.17) is 6.42 Å². The van der Waals surface area contributed by atoms with Gasteiger partial charge >= 0.3 is 0 Å². The molecule has 2 rings (SSSR count). The van der Waals surface area contributed by atoms with Crippen molar-refractivity contribution in [3.05, 3.63) is 71.8 Å². The number of hydrogen-bond acceptors (Lipinski definition) is 1. The summed E-state index contributed by atoms with van der Waals surface area (Å²) >= 11 is 0. The molecule has 1 heteroatoms. The maximum Gasteiger partial charge on any atom is 0.217 e. The summed E-state index contributed by atoms with van der Waals surface area (Å²) in [5.74, 6) is 1.66. The first kappa shape index (κ1) is 11.2. The molecule has 0 unspecified atom stereocenters. The van der Waals surface area contributed by atoms with Crippen LogP contribution in [-0.2, 0) is 4.79 Å². The second kappa shape index (κ2) is 5.14. The van der Waals surface area contributed by atoms with Gasteiger partial charge in [-0.3, -0.25) is 4.79 Å². The Morgan fingerprint density at radius 2 is 1.29 bits per heavy atom. The molecule has 0 saturated heterocycles. The van der Waals surface area contributed by atoms with Crippen molar-refractivity contribution in [2.75, 3.05) is 0 Å². The minimum atomic E-state index is -0.359. The molecule has 1 nitrogen and oxygen atoms in total. The van der Waals surface area contributed by atoms with E-state index in [1.165, 1.54) is 0 Å². The molecule has 17 heavy (non-hydrogen) atoms. The lowest BCUT2D eigenvalue weighted by molar-refractivity contribution is -0.114. The van der Waals surface area contributed by atoms with E-state index in [1.54, 1.807) is 0 Å². The predicted molar refractivity (Wildman–Crippen MR) is 68.6 cm³/mol. The van der Waals surface area contributed by atoms with E-state index in [-0.39, 0.29) is 11.7 Å². The normalized spacial score (nSPS) is 9.88. The van der Waals surface area contributed by atoms with Crippen LogP contribution in [0.3, 0.4) is 0 Å². The molecular weight excluding hydrogens is 208 g/mol. The standard InChI is InChI=1S/C16H12O/c1-2-15(17)16(13-9-5-3-6-10-13)14-11-7-4-8-12-14/h1,3-12,16H. The Hall–Kier alpha value is -2.33. The van der Waals surface area contributed by atoms with E-state index >= 15 is 0 Å². The number of hydrogen-bond donors (Lipinski definition) is 0. The van der Waals surface area contributed by atoms with Gasteiger partial charge in [0.1, 0.15) is 0 Å². The minimum absolute atomic E-state index is 0.206. The molecule has 0 aliphatic carbocycles. The zero-order valence-electron chi connectivity index (χ0n) is 9.34. The SMILES string of the molecule is C#CC(=O)C(c1ccccc1)c1ccccc1. The lowest BCUT2D eigenvalue weighted by Crippen LogP contribution is -2.11. The van der Waals surface area contributed by atoms with Gasteiger partial charge in [-0.1, -0.05) is 60.7 Å². The highest BCUT2D eigenvalue weighted by Gasteiger charge is 2.20. The van der Waals surface area contributed by atoms with Crippen LogP contribution in [0.15, 0.2) is 60.7 Å². The number of ketones is 1. The minimum Gasteiger partial charge on any atom is -0.284 e. The largest absolute Gasteiger partial charge is 0.284 e. The average Bonchev–Trinajstić information content (AvgIpc) is 2.41. The van der Waals surface area contributed by atoms with Gasteiger partial charge in [0.25, 0.3) is 0 Å². The van der Waals surface area contributed by atoms with E-state index in [0.717, 1.165) is 11.1 Å².